The normalized spacial score (nSPS) is 24.3. The van der Waals surface area contributed by atoms with Gasteiger partial charge in [-0.15, -0.1) is 0 Å². The summed E-state index contributed by atoms with van der Waals surface area (Å²) in [6.45, 7) is 0. The fourth-order valence-electron chi connectivity index (χ4n) is 2.11. The third kappa shape index (κ3) is 1.37. The van der Waals surface area contributed by atoms with Crippen molar-refractivity contribution in [3.05, 3.63) is 29.3 Å². The van der Waals surface area contributed by atoms with E-state index in [0.717, 1.165) is 0 Å². The second kappa shape index (κ2) is 3.37. The fraction of sp³-hybridized carbons (Fsp3) is 0.455. The van der Waals surface area contributed by atoms with Gasteiger partial charge in [0.2, 0.25) is 5.67 Å². The Morgan fingerprint density at radius 2 is 2.00 bits per heavy atom. The summed E-state index contributed by atoms with van der Waals surface area (Å²) < 4.78 is 56.8. The maximum absolute atomic E-state index is 13.9. The van der Waals surface area contributed by atoms with Gasteiger partial charge in [-0.3, -0.25) is 0 Å². The zero-order chi connectivity index (χ0) is 12.0. The van der Waals surface area contributed by atoms with Crippen molar-refractivity contribution in [3.8, 4) is 5.75 Å². The Morgan fingerprint density at radius 3 is 2.56 bits per heavy atom. The average molecular weight is 234 g/mol. The summed E-state index contributed by atoms with van der Waals surface area (Å²) in [5, 5.41) is 0. The average Bonchev–Trinajstić information content (AvgIpc) is 2.57. The standard InChI is InChI=1S/C11H10F4O/c1-16-9-4-2-3-8-7(9)5-6-10(8,12)11(13,14)15/h2-4H,5-6H2,1H3. The number of methoxy groups -OCH3 is 1. The number of hydrogen-bond acceptors (Lipinski definition) is 1. The molecule has 1 aromatic carbocycles. The number of benzene rings is 1. The Hall–Kier alpha value is -1.26. The molecule has 0 amide bonds. The first-order valence-electron chi connectivity index (χ1n) is 4.82. The maximum atomic E-state index is 13.9. The van der Waals surface area contributed by atoms with Crippen LogP contribution in [0.2, 0.25) is 0 Å². The van der Waals surface area contributed by atoms with Gasteiger partial charge in [0.1, 0.15) is 5.75 Å². The van der Waals surface area contributed by atoms with Crippen LogP contribution in [0.4, 0.5) is 17.6 Å². The van der Waals surface area contributed by atoms with E-state index in [4.69, 9.17) is 4.74 Å². The number of fused-ring (bicyclic) bond motifs is 1. The largest absolute Gasteiger partial charge is 0.496 e. The number of rotatable bonds is 1. The lowest BCUT2D eigenvalue weighted by Gasteiger charge is -2.24. The van der Waals surface area contributed by atoms with Crippen molar-refractivity contribution in [2.45, 2.75) is 24.7 Å². The first kappa shape index (κ1) is 11.2. The Balaban J connectivity index is 2.56. The summed E-state index contributed by atoms with van der Waals surface area (Å²) in [5.41, 5.74) is -3.21. The van der Waals surface area contributed by atoms with Crippen molar-refractivity contribution in [2.24, 2.45) is 0 Å². The van der Waals surface area contributed by atoms with Crippen molar-refractivity contribution in [1.29, 1.82) is 0 Å². The third-order valence-electron chi connectivity index (χ3n) is 2.95. The summed E-state index contributed by atoms with van der Waals surface area (Å²) in [7, 11) is 1.36. The Bertz CT molecular complexity index is 413. The molecule has 1 aliphatic carbocycles. The fourth-order valence-corrected chi connectivity index (χ4v) is 2.11. The smallest absolute Gasteiger partial charge is 0.426 e. The Morgan fingerprint density at radius 1 is 1.31 bits per heavy atom. The molecule has 2 rings (SSSR count). The first-order chi connectivity index (χ1) is 7.40. The molecule has 1 nitrogen and oxygen atoms in total. The molecule has 1 atom stereocenters. The van der Waals surface area contributed by atoms with Crippen LogP contribution in [-0.4, -0.2) is 13.3 Å². The molecule has 0 radical (unpaired) electrons. The highest BCUT2D eigenvalue weighted by atomic mass is 19.4. The minimum atomic E-state index is -4.87. The molecule has 0 fully saturated rings. The number of alkyl halides is 4. The van der Waals surface area contributed by atoms with E-state index in [-0.39, 0.29) is 12.0 Å². The van der Waals surface area contributed by atoms with E-state index in [2.05, 4.69) is 0 Å². The molecule has 16 heavy (non-hydrogen) atoms. The minimum absolute atomic E-state index is 0.0509. The van der Waals surface area contributed by atoms with E-state index in [1.54, 1.807) is 6.07 Å². The zero-order valence-corrected chi connectivity index (χ0v) is 8.57. The van der Waals surface area contributed by atoms with Crippen molar-refractivity contribution >= 4 is 0 Å². The monoisotopic (exact) mass is 234 g/mol. The molecular formula is C11H10F4O. The second-order valence-electron chi connectivity index (χ2n) is 3.79. The molecule has 0 spiro atoms. The van der Waals surface area contributed by atoms with Gasteiger partial charge in [0.05, 0.1) is 7.11 Å². The van der Waals surface area contributed by atoms with Crippen LogP contribution >= 0.6 is 0 Å². The van der Waals surface area contributed by atoms with Gasteiger partial charge >= 0.3 is 6.18 Å². The van der Waals surface area contributed by atoms with E-state index >= 15 is 0 Å². The van der Waals surface area contributed by atoms with E-state index in [0.29, 0.717) is 11.3 Å². The van der Waals surface area contributed by atoms with Crippen molar-refractivity contribution in [1.82, 2.24) is 0 Å². The summed E-state index contributed by atoms with van der Waals surface area (Å²) in [6, 6.07) is 4.10. The van der Waals surface area contributed by atoms with Crippen LogP contribution in [0.15, 0.2) is 18.2 Å². The quantitative estimate of drug-likeness (QED) is 0.677. The van der Waals surface area contributed by atoms with Gasteiger partial charge in [-0.25, -0.2) is 4.39 Å². The Kier molecular flexibility index (Phi) is 2.36. The number of hydrogen-bond donors (Lipinski definition) is 0. The summed E-state index contributed by atoms with van der Waals surface area (Å²) >= 11 is 0. The van der Waals surface area contributed by atoms with E-state index in [1.165, 1.54) is 19.2 Å². The molecule has 0 N–H and O–H groups in total. The molecule has 0 saturated heterocycles. The van der Waals surface area contributed by atoms with Crippen molar-refractivity contribution in [3.63, 3.8) is 0 Å². The lowest BCUT2D eigenvalue weighted by Crippen LogP contribution is -2.35. The molecule has 0 aromatic heterocycles. The van der Waals surface area contributed by atoms with Crippen LogP contribution in [0, 0.1) is 0 Å². The van der Waals surface area contributed by atoms with Crippen LogP contribution in [0.5, 0.6) is 5.75 Å². The lowest BCUT2D eigenvalue weighted by atomic mass is 9.97. The summed E-state index contributed by atoms with van der Waals surface area (Å²) in [6.07, 6.45) is -5.38. The van der Waals surface area contributed by atoms with Gasteiger partial charge in [-0.1, -0.05) is 12.1 Å². The number of halogens is 4. The topological polar surface area (TPSA) is 9.23 Å². The maximum Gasteiger partial charge on any atom is 0.426 e. The van der Waals surface area contributed by atoms with E-state index in [1.807, 2.05) is 0 Å². The van der Waals surface area contributed by atoms with Crippen molar-refractivity contribution < 1.29 is 22.3 Å². The highest BCUT2D eigenvalue weighted by Gasteiger charge is 2.60. The Labute approximate surface area is 90.0 Å². The molecule has 0 saturated carbocycles. The van der Waals surface area contributed by atoms with E-state index in [9.17, 15) is 17.6 Å². The van der Waals surface area contributed by atoms with Gasteiger partial charge < -0.3 is 4.74 Å². The van der Waals surface area contributed by atoms with Crippen LogP contribution in [0.3, 0.4) is 0 Å². The highest BCUT2D eigenvalue weighted by Crippen LogP contribution is 2.52. The van der Waals surface area contributed by atoms with Crippen LogP contribution in [0.1, 0.15) is 17.5 Å². The molecule has 1 unspecified atom stereocenters. The van der Waals surface area contributed by atoms with Gasteiger partial charge in [-0.05, 0) is 18.9 Å². The highest BCUT2D eigenvalue weighted by molar-refractivity contribution is 5.47. The van der Waals surface area contributed by atoms with Crippen LogP contribution < -0.4 is 4.74 Å². The lowest BCUT2D eigenvalue weighted by molar-refractivity contribution is -0.234. The number of ether oxygens (including phenoxy) is 1. The molecule has 5 heteroatoms. The van der Waals surface area contributed by atoms with Gasteiger partial charge in [0.15, 0.2) is 0 Å². The van der Waals surface area contributed by atoms with Crippen LogP contribution in [-0.2, 0) is 12.1 Å². The van der Waals surface area contributed by atoms with Gasteiger partial charge in [0.25, 0.3) is 0 Å². The molecule has 0 bridgehead atoms. The molecular weight excluding hydrogens is 224 g/mol. The van der Waals surface area contributed by atoms with Gasteiger partial charge in [-0.2, -0.15) is 13.2 Å². The first-order valence-corrected chi connectivity index (χ1v) is 4.82. The van der Waals surface area contributed by atoms with E-state index < -0.39 is 18.3 Å². The second-order valence-corrected chi connectivity index (χ2v) is 3.79. The SMILES string of the molecule is COc1cccc2c1CCC2(F)C(F)(F)F. The third-order valence-corrected chi connectivity index (χ3v) is 2.95. The molecule has 0 aliphatic heterocycles. The minimum Gasteiger partial charge on any atom is -0.496 e. The molecule has 1 aliphatic rings. The predicted molar refractivity (Wildman–Crippen MR) is 50.2 cm³/mol. The molecule has 88 valence electrons. The molecule has 0 heterocycles. The zero-order valence-electron chi connectivity index (χ0n) is 8.57. The van der Waals surface area contributed by atoms with Crippen molar-refractivity contribution in [2.75, 3.05) is 7.11 Å². The van der Waals surface area contributed by atoms with Gasteiger partial charge in [0, 0.05) is 11.1 Å². The summed E-state index contributed by atoms with van der Waals surface area (Å²) in [4.78, 5) is 0. The predicted octanol–water partition coefficient (Wildman–Crippen LogP) is 3.37. The summed E-state index contributed by atoms with van der Waals surface area (Å²) in [5.74, 6) is 0.321. The van der Waals surface area contributed by atoms with Crippen LogP contribution in [0.25, 0.3) is 0 Å². The molecule has 1 aromatic rings.